The Morgan fingerprint density at radius 2 is 1.84 bits per heavy atom. The quantitative estimate of drug-likeness (QED) is 0.579. The van der Waals surface area contributed by atoms with Crippen LogP contribution in [0.1, 0.15) is 78.5 Å². The summed E-state index contributed by atoms with van der Waals surface area (Å²) in [5.74, 6) is 2.55. The van der Waals surface area contributed by atoms with Crippen LogP contribution in [0.15, 0.2) is 22.6 Å². The topological polar surface area (TPSA) is 77.1 Å². The van der Waals surface area contributed by atoms with Crippen LogP contribution in [0.5, 0.6) is 0 Å². The lowest BCUT2D eigenvalue weighted by molar-refractivity contribution is -0.133. The summed E-state index contributed by atoms with van der Waals surface area (Å²) < 4.78 is 7.83. The molecule has 0 N–H and O–H groups in total. The average Bonchev–Trinajstić information content (AvgIpc) is 3.24. The molecule has 0 aromatic carbocycles. The molecule has 3 aromatic rings. The number of amides is 1. The Hall–Kier alpha value is -2.96. The number of likely N-dealkylation sites (tertiary alicyclic amines) is 1. The molecule has 0 spiro atoms. The van der Waals surface area contributed by atoms with Crippen molar-refractivity contribution in [2.24, 2.45) is 0 Å². The predicted molar refractivity (Wildman–Crippen MR) is 123 cm³/mol. The molecule has 170 valence electrons. The maximum Gasteiger partial charge on any atom is 0.251 e. The molecule has 1 aliphatic heterocycles. The van der Waals surface area contributed by atoms with Crippen LogP contribution in [0.4, 0.5) is 0 Å². The molecule has 4 heterocycles. The molecule has 0 saturated carbocycles. The molecule has 0 bridgehead atoms. The van der Waals surface area contributed by atoms with Gasteiger partial charge < -0.3 is 9.32 Å². The van der Waals surface area contributed by atoms with Crippen molar-refractivity contribution in [1.29, 1.82) is 0 Å². The van der Waals surface area contributed by atoms with Crippen LogP contribution in [-0.2, 0) is 17.6 Å². The minimum absolute atomic E-state index is 0.00344. The summed E-state index contributed by atoms with van der Waals surface area (Å²) in [5, 5.41) is 4.67. The van der Waals surface area contributed by atoms with E-state index in [1.165, 1.54) is 0 Å². The Balaban J connectivity index is 1.61. The second kappa shape index (κ2) is 9.27. The highest BCUT2D eigenvalue weighted by molar-refractivity contribution is 5.80. The third kappa shape index (κ3) is 4.47. The van der Waals surface area contributed by atoms with Gasteiger partial charge >= 0.3 is 0 Å². The monoisotopic (exact) mass is 435 g/mol. The zero-order valence-corrected chi connectivity index (χ0v) is 19.8. The Morgan fingerprint density at radius 3 is 2.53 bits per heavy atom. The van der Waals surface area contributed by atoms with E-state index in [-0.39, 0.29) is 11.9 Å². The van der Waals surface area contributed by atoms with Gasteiger partial charge in [-0.25, -0.2) is 14.6 Å². The van der Waals surface area contributed by atoms with Crippen LogP contribution < -0.4 is 0 Å². The van der Waals surface area contributed by atoms with Crippen molar-refractivity contribution >= 4 is 5.91 Å². The van der Waals surface area contributed by atoms with Crippen molar-refractivity contribution in [3.05, 3.63) is 58.1 Å². The first-order valence-electron chi connectivity index (χ1n) is 11.6. The molecule has 0 radical (unpaired) electrons. The summed E-state index contributed by atoms with van der Waals surface area (Å²) in [7, 11) is 0. The second-order valence-corrected chi connectivity index (χ2v) is 8.80. The molecule has 0 aliphatic carbocycles. The Bertz CT molecular complexity index is 1090. The van der Waals surface area contributed by atoms with Crippen LogP contribution in [0.25, 0.3) is 5.95 Å². The second-order valence-electron chi connectivity index (χ2n) is 8.80. The molecule has 7 heteroatoms. The smallest absolute Gasteiger partial charge is 0.251 e. The van der Waals surface area contributed by atoms with Gasteiger partial charge in [0.25, 0.3) is 5.95 Å². The minimum atomic E-state index is 0.00344. The number of aromatic nitrogens is 4. The summed E-state index contributed by atoms with van der Waals surface area (Å²) in [4.78, 5) is 24.7. The summed E-state index contributed by atoms with van der Waals surface area (Å²) >= 11 is 0. The lowest BCUT2D eigenvalue weighted by atomic mass is 10.1. The molecule has 1 fully saturated rings. The number of rotatable bonds is 5. The molecular weight excluding hydrogens is 402 g/mol. The van der Waals surface area contributed by atoms with Gasteiger partial charge in [-0.3, -0.25) is 4.79 Å². The highest BCUT2D eigenvalue weighted by Crippen LogP contribution is 2.32. The molecule has 1 unspecified atom stereocenters. The van der Waals surface area contributed by atoms with Gasteiger partial charge in [0, 0.05) is 35.6 Å². The zero-order valence-electron chi connectivity index (χ0n) is 19.8. The maximum atomic E-state index is 13.6. The van der Waals surface area contributed by atoms with E-state index in [9.17, 15) is 4.79 Å². The van der Waals surface area contributed by atoms with Gasteiger partial charge in [0.05, 0.1) is 18.2 Å². The fourth-order valence-corrected chi connectivity index (χ4v) is 4.65. The summed E-state index contributed by atoms with van der Waals surface area (Å²) in [6.07, 6.45) is 5.39. The number of hydrogen-bond donors (Lipinski definition) is 0. The fourth-order valence-electron chi connectivity index (χ4n) is 4.65. The molecular formula is C25H33N5O2. The van der Waals surface area contributed by atoms with Crippen molar-refractivity contribution in [1.82, 2.24) is 24.6 Å². The fraction of sp³-hybridized carbons (Fsp3) is 0.520. The van der Waals surface area contributed by atoms with Gasteiger partial charge in [-0.2, -0.15) is 5.10 Å². The summed E-state index contributed by atoms with van der Waals surface area (Å²) in [6, 6.07) is 6.02. The normalized spacial score (nSPS) is 16.9. The molecule has 3 aromatic heterocycles. The minimum Gasteiger partial charge on any atom is -0.464 e. The highest BCUT2D eigenvalue weighted by atomic mass is 16.3. The van der Waals surface area contributed by atoms with E-state index in [0.29, 0.717) is 12.4 Å². The molecule has 1 atom stereocenters. The number of carbonyl (C=O) groups is 1. The lowest BCUT2D eigenvalue weighted by Crippen LogP contribution is -2.36. The van der Waals surface area contributed by atoms with E-state index >= 15 is 0 Å². The largest absolute Gasteiger partial charge is 0.464 e. The first-order valence-corrected chi connectivity index (χ1v) is 11.6. The number of carbonyl (C=O) groups excluding carboxylic acids is 1. The van der Waals surface area contributed by atoms with Gasteiger partial charge in [0.2, 0.25) is 5.91 Å². The van der Waals surface area contributed by atoms with Gasteiger partial charge in [-0.1, -0.05) is 19.8 Å². The first-order chi connectivity index (χ1) is 15.4. The van der Waals surface area contributed by atoms with Crippen LogP contribution in [-0.4, -0.2) is 37.1 Å². The van der Waals surface area contributed by atoms with Crippen LogP contribution in [0.3, 0.4) is 0 Å². The van der Waals surface area contributed by atoms with Crippen LogP contribution in [0.2, 0.25) is 0 Å². The van der Waals surface area contributed by atoms with Gasteiger partial charge in [-0.15, -0.1) is 0 Å². The van der Waals surface area contributed by atoms with Crippen molar-refractivity contribution in [2.75, 3.05) is 6.54 Å². The predicted octanol–water partition coefficient (Wildman–Crippen LogP) is 4.74. The number of furan rings is 1. The van der Waals surface area contributed by atoms with E-state index in [4.69, 9.17) is 4.42 Å². The van der Waals surface area contributed by atoms with E-state index in [2.05, 4.69) is 22.0 Å². The lowest BCUT2D eigenvalue weighted by Gasteiger charge is -2.29. The average molecular weight is 436 g/mol. The Morgan fingerprint density at radius 1 is 1.09 bits per heavy atom. The number of nitrogens with zero attached hydrogens (tertiary/aromatic N) is 5. The maximum absolute atomic E-state index is 13.6. The SMILES string of the molecule is CCc1ccc(C2CCCCCN2C(=O)Cc2c(C)nn(-c3nc(C)cc(C)n3)c2C)o1. The number of hydrogen-bond acceptors (Lipinski definition) is 5. The third-order valence-corrected chi connectivity index (χ3v) is 6.36. The first kappa shape index (κ1) is 22.2. The van der Waals surface area contributed by atoms with Gasteiger partial charge in [0.1, 0.15) is 11.5 Å². The van der Waals surface area contributed by atoms with E-state index in [1.807, 2.05) is 50.8 Å². The molecule has 1 amide bonds. The number of aryl methyl sites for hydroxylation is 4. The Labute approximate surface area is 189 Å². The summed E-state index contributed by atoms with van der Waals surface area (Å²) in [6.45, 7) is 10.7. The third-order valence-electron chi connectivity index (χ3n) is 6.36. The van der Waals surface area contributed by atoms with Crippen LogP contribution in [0, 0.1) is 27.7 Å². The van der Waals surface area contributed by atoms with E-state index in [1.54, 1.807) is 4.68 Å². The Kier molecular flexibility index (Phi) is 6.44. The molecule has 32 heavy (non-hydrogen) atoms. The van der Waals surface area contributed by atoms with Crippen molar-refractivity contribution in [2.45, 2.75) is 79.2 Å². The van der Waals surface area contributed by atoms with Gasteiger partial charge in [-0.05, 0) is 58.7 Å². The summed E-state index contributed by atoms with van der Waals surface area (Å²) in [5.41, 5.74) is 4.51. The molecule has 1 aliphatic rings. The van der Waals surface area contributed by atoms with Crippen LogP contribution >= 0.6 is 0 Å². The van der Waals surface area contributed by atoms with E-state index in [0.717, 1.165) is 78.5 Å². The van der Waals surface area contributed by atoms with E-state index < -0.39 is 0 Å². The van der Waals surface area contributed by atoms with Crippen molar-refractivity contribution < 1.29 is 9.21 Å². The molecule has 4 rings (SSSR count). The van der Waals surface area contributed by atoms with Crippen molar-refractivity contribution in [3.8, 4) is 5.95 Å². The zero-order chi connectivity index (χ0) is 22.8. The molecule has 1 saturated heterocycles. The van der Waals surface area contributed by atoms with Crippen molar-refractivity contribution in [3.63, 3.8) is 0 Å². The standard InChI is InChI=1S/C25H33N5O2/c1-6-20-11-12-23(32-20)22-10-8-7-9-13-29(22)24(31)15-21-18(4)28-30(19(21)5)25-26-16(2)14-17(3)27-25/h11-12,14,22H,6-10,13,15H2,1-5H3. The highest BCUT2D eigenvalue weighted by Gasteiger charge is 2.30. The van der Waals surface area contributed by atoms with Gasteiger partial charge in [0.15, 0.2) is 0 Å². The molecule has 7 nitrogen and oxygen atoms in total.